The van der Waals surface area contributed by atoms with Crippen LogP contribution in [0.2, 0.25) is 0 Å². The van der Waals surface area contributed by atoms with Crippen LogP contribution in [0.1, 0.15) is 39.4 Å². The van der Waals surface area contributed by atoms with Gasteiger partial charge in [-0.2, -0.15) is 4.72 Å². The van der Waals surface area contributed by atoms with Gasteiger partial charge >= 0.3 is 5.97 Å². The average molecular weight is 289 g/mol. The fraction of sp³-hybridized carbons (Fsp3) is 0.636. The highest BCUT2D eigenvalue weighted by Crippen LogP contribution is 2.17. The molecule has 0 radical (unpaired) electrons. The number of aromatic amines is 1. The molecular weight excluding hydrogens is 270 g/mol. The molecular formula is C11H19N3O4S. The molecule has 1 aromatic heterocycles. The van der Waals surface area contributed by atoms with Crippen molar-refractivity contribution in [3.8, 4) is 0 Å². The Balaban J connectivity index is 3.04. The molecule has 0 spiro atoms. The molecule has 1 aromatic rings. The first-order chi connectivity index (χ1) is 8.75. The van der Waals surface area contributed by atoms with Gasteiger partial charge in [0.2, 0.25) is 0 Å². The molecule has 1 rings (SSSR count). The Morgan fingerprint density at radius 1 is 1.53 bits per heavy atom. The second-order valence-corrected chi connectivity index (χ2v) is 6.19. The largest absolute Gasteiger partial charge is 0.480 e. The number of imidazole rings is 1. The molecule has 0 saturated heterocycles. The molecule has 0 aliphatic carbocycles. The summed E-state index contributed by atoms with van der Waals surface area (Å²) in [6.45, 7) is 4.98. The summed E-state index contributed by atoms with van der Waals surface area (Å²) < 4.78 is 26.4. The van der Waals surface area contributed by atoms with Crippen LogP contribution in [0.3, 0.4) is 0 Å². The minimum atomic E-state index is -3.92. The van der Waals surface area contributed by atoms with Crippen LogP contribution in [0, 0.1) is 0 Å². The maximum Gasteiger partial charge on any atom is 0.324 e. The van der Waals surface area contributed by atoms with Crippen molar-refractivity contribution in [2.75, 3.05) is 0 Å². The van der Waals surface area contributed by atoms with Crippen molar-refractivity contribution in [3.05, 3.63) is 12.0 Å². The van der Waals surface area contributed by atoms with Crippen LogP contribution >= 0.6 is 0 Å². The van der Waals surface area contributed by atoms with Gasteiger partial charge in [0.1, 0.15) is 11.4 Å². The Morgan fingerprint density at radius 3 is 2.58 bits per heavy atom. The quantitative estimate of drug-likeness (QED) is 0.690. The fourth-order valence-electron chi connectivity index (χ4n) is 1.71. The van der Waals surface area contributed by atoms with Crippen LogP contribution in [-0.4, -0.2) is 35.0 Å². The number of carboxylic acid groups (broad SMARTS) is 1. The summed E-state index contributed by atoms with van der Waals surface area (Å²) in [5.41, 5.74) is -1.52. The van der Waals surface area contributed by atoms with Crippen LogP contribution in [0.25, 0.3) is 0 Å². The van der Waals surface area contributed by atoms with Crippen molar-refractivity contribution in [2.45, 2.75) is 50.6 Å². The monoisotopic (exact) mass is 289 g/mol. The summed E-state index contributed by atoms with van der Waals surface area (Å²) >= 11 is 0. The Morgan fingerprint density at radius 2 is 2.16 bits per heavy atom. The molecule has 1 atom stereocenters. The number of hydrogen-bond donors (Lipinski definition) is 3. The highest BCUT2D eigenvalue weighted by Gasteiger charge is 2.37. The molecule has 1 heterocycles. The molecule has 7 nitrogen and oxygen atoms in total. The molecule has 0 saturated carbocycles. The minimum absolute atomic E-state index is 0.118. The van der Waals surface area contributed by atoms with Gasteiger partial charge in [0.25, 0.3) is 10.0 Å². The highest BCUT2D eigenvalue weighted by atomic mass is 32.2. The maximum absolute atomic E-state index is 12.1. The third-order valence-electron chi connectivity index (χ3n) is 2.81. The Labute approximate surface area is 112 Å². The van der Waals surface area contributed by atoms with Crippen molar-refractivity contribution in [1.29, 1.82) is 0 Å². The zero-order chi connectivity index (χ0) is 14.7. The summed E-state index contributed by atoms with van der Waals surface area (Å²) in [6.07, 6.45) is 2.51. The molecule has 0 aliphatic heterocycles. The van der Waals surface area contributed by atoms with Crippen molar-refractivity contribution >= 4 is 16.0 Å². The summed E-state index contributed by atoms with van der Waals surface area (Å²) in [4.78, 5) is 17.8. The zero-order valence-electron chi connectivity index (χ0n) is 11.2. The Bertz CT molecular complexity index is 552. The van der Waals surface area contributed by atoms with Gasteiger partial charge in [-0.25, -0.2) is 13.4 Å². The van der Waals surface area contributed by atoms with E-state index in [0.29, 0.717) is 18.7 Å². The molecule has 0 aromatic carbocycles. The first-order valence-electron chi connectivity index (χ1n) is 6.06. The molecule has 108 valence electrons. The van der Waals surface area contributed by atoms with E-state index in [1.807, 2.05) is 6.92 Å². The number of aliphatic carboxylic acids is 1. The van der Waals surface area contributed by atoms with Gasteiger partial charge in [-0.1, -0.05) is 20.3 Å². The SMILES string of the molecule is CCCC(C)(NS(=O)(=O)c1cnc(CC)[nH]1)C(=O)O. The van der Waals surface area contributed by atoms with Gasteiger partial charge < -0.3 is 10.1 Å². The molecule has 0 aliphatic rings. The number of aromatic nitrogens is 2. The number of nitrogens with one attached hydrogen (secondary N) is 2. The van der Waals surface area contributed by atoms with E-state index in [4.69, 9.17) is 0 Å². The number of sulfonamides is 1. The van der Waals surface area contributed by atoms with E-state index in [2.05, 4.69) is 14.7 Å². The van der Waals surface area contributed by atoms with Gasteiger partial charge in [-0.3, -0.25) is 4.79 Å². The number of rotatable bonds is 7. The van der Waals surface area contributed by atoms with Crippen LogP contribution in [0.15, 0.2) is 11.2 Å². The molecule has 19 heavy (non-hydrogen) atoms. The Hall–Kier alpha value is -1.41. The van der Waals surface area contributed by atoms with Crippen LogP contribution in [0.4, 0.5) is 0 Å². The van der Waals surface area contributed by atoms with E-state index in [1.165, 1.54) is 13.1 Å². The number of H-pyrrole nitrogens is 1. The van der Waals surface area contributed by atoms with Gasteiger partial charge in [0, 0.05) is 6.42 Å². The molecule has 0 amide bonds. The summed E-state index contributed by atoms with van der Waals surface area (Å²) in [6, 6.07) is 0. The first-order valence-corrected chi connectivity index (χ1v) is 7.54. The zero-order valence-corrected chi connectivity index (χ0v) is 12.0. The maximum atomic E-state index is 12.1. The second-order valence-electron chi connectivity index (χ2n) is 4.54. The highest BCUT2D eigenvalue weighted by molar-refractivity contribution is 7.89. The van der Waals surface area contributed by atoms with Crippen LogP contribution < -0.4 is 4.72 Å². The third-order valence-corrected chi connectivity index (χ3v) is 4.32. The second kappa shape index (κ2) is 5.70. The van der Waals surface area contributed by atoms with E-state index in [9.17, 15) is 18.3 Å². The summed E-state index contributed by atoms with van der Waals surface area (Å²) in [7, 11) is -3.92. The van der Waals surface area contributed by atoms with Gasteiger partial charge in [0.15, 0.2) is 5.03 Å². The van der Waals surface area contributed by atoms with E-state index in [-0.39, 0.29) is 11.4 Å². The molecule has 8 heteroatoms. The first kappa shape index (κ1) is 15.6. The smallest absolute Gasteiger partial charge is 0.324 e. The predicted molar refractivity (Wildman–Crippen MR) is 69.2 cm³/mol. The lowest BCUT2D eigenvalue weighted by molar-refractivity contribution is -0.143. The van der Waals surface area contributed by atoms with Crippen LogP contribution in [0.5, 0.6) is 0 Å². The number of carboxylic acids is 1. The minimum Gasteiger partial charge on any atom is -0.480 e. The van der Waals surface area contributed by atoms with Crippen molar-refractivity contribution in [1.82, 2.24) is 14.7 Å². The topological polar surface area (TPSA) is 112 Å². The van der Waals surface area contributed by atoms with E-state index in [0.717, 1.165) is 0 Å². The molecule has 3 N–H and O–H groups in total. The third kappa shape index (κ3) is 3.54. The number of aryl methyl sites for hydroxylation is 1. The normalized spacial score (nSPS) is 15.1. The van der Waals surface area contributed by atoms with Crippen molar-refractivity contribution in [2.24, 2.45) is 0 Å². The average Bonchev–Trinajstić information content (AvgIpc) is 2.77. The molecule has 0 fully saturated rings. The standard InChI is InChI=1S/C11H19N3O4S/c1-4-6-11(3,10(15)16)14-19(17,18)9-7-12-8(5-2)13-9/h7,14H,4-6H2,1-3H3,(H,12,13)(H,15,16). The van der Waals surface area contributed by atoms with E-state index in [1.54, 1.807) is 6.92 Å². The molecule has 0 bridgehead atoms. The lowest BCUT2D eigenvalue weighted by Crippen LogP contribution is -2.52. The predicted octanol–water partition coefficient (Wildman–Crippen LogP) is 0.894. The van der Waals surface area contributed by atoms with E-state index >= 15 is 0 Å². The van der Waals surface area contributed by atoms with Gasteiger partial charge in [-0.05, 0) is 13.3 Å². The van der Waals surface area contributed by atoms with Crippen molar-refractivity contribution in [3.63, 3.8) is 0 Å². The van der Waals surface area contributed by atoms with Crippen LogP contribution in [-0.2, 0) is 21.2 Å². The number of carbonyl (C=O) groups is 1. The van der Waals surface area contributed by atoms with Gasteiger partial charge in [-0.15, -0.1) is 0 Å². The van der Waals surface area contributed by atoms with Gasteiger partial charge in [0.05, 0.1) is 6.20 Å². The lowest BCUT2D eigenvalue weighted by Gasteiger charge is -2.24. The fourth-order valence-corrected chi connectivity index (χ4v) is 3.05. The van der Waals surface area contributed by atoms with E-state index < -0.39 is 21.5 Å². The Kier molecular flexibility index (Phi) is 4.70. The lowest BCUT2D eigenvalue weighted by atomic mass is 9.98. The number of hydrogen-bond acceptors (Lipinski definition) is 4. The summed E-state index contributed by atoms with van der Waals surface area (Å²) in [5.74, 6) is -0.666. The molecule has 1 unspecified atom stereocenters. The van der Waals surface area contributed by atoms with Crippen molar-refractivity contribution < 1.29 is 18.3 Å². The number of nitrogens with zero attached hydrogens (tertiary/aromatic N) is 1. The summed E-state index contributed by atoms with van der Waals surface area (Å²) in [5, 5.41) is 9.05.